The Hall–Kier alpha value is -4.90. The summed E-state index contributed by atoms with van der Waals surface area (Å²) in [6.45, 7) is 3.09. The number of likely N-dealkylation sites (tertiary alicyclic amines) is 1. The predicted octanol–water partition coefficient (Wildman–Crippen LogP) is 2.89. The molecule has 1 amide bonds. The summed E-state index contributed by atoms with van der Waals surface area (Å²) in [4.78, 5) is 14.7. The van der Waals surface area contributed by atoms with Gasteiger partial charge in [0.15, 0.2) is 0 Å². The minimum atomic E-state index is -0.265. The van der Waals surface area contributed by atoms with Gasteiger partial charge >= 0.3 is 0 Å². The number of carbonyl (C=O) groups is 1. The molecule has 0 N–H and O–H groups in total. The first kappa shape index (κ1) is 23.8. The summed E-state index contributed by atoms with van der Waals surface area (Å²) in [6.07, 6.45) is 11.6. The van der Waals surface area contributed by atoms with Crippen LogP contribution in [-0.4, -0.2) is 60.2 Å². The number of aromatic nitrogens is 6. The lowest BCUT2D eigenvalue weighted by Gasteiger charge is -2.32. The summed E-state index contributed by atoms with van der Waals surface area (Å²) < 4.78 is 10.8. The van der Waals surface area contributed by atoms with Crippen molar-refractivity contribution in [1.29, 1.82) is 10.5 Å². The van der Waals surface area contributed by atoms with E-state index in [2.05, 4.69) is 21.4 Å². The van der Waals surface area contributed by atoms with Gasteiger partial charge in [0.1, 0.15) is 34.5 Å². The van der Waals surface area contributed by atoms with Crippen molar-refractivity contribution in [3.63, 3.8) is 0 Å². The molecule has 1 saturated heterocycles. The zero-order valence-corrected chi connectivity index (χ0v) is 20.8. The summed E-state index contributed by atoms with van der Waals surface area (Å²) in [5.74, 6) is 0.303. The van der Waals surface area contributed by atoms with Gasteiger partial charge in [-0.15, -0.1) is 0 Å². The molecule has 5 heterocycles. The number of methoxy groups -OCH3 is 1. The number of carbonyl (C=O) groups excluding carboxylic acids is 1. The van der Waals surface area contributed by atoms with E-state index in [-0.39, 0.29) is 17.5 Å². The third-order valence-corrected chi connectivity index (χ3v) is 6.76. The molecule has 0 radical (unpaired) electrons. The van der Waals surface area contributed by atoms with Crippen molar-refractivity contribution in [2.45, 2.75) is 25.8 Å². The highest BCUT2D eigenvalue weighted by atomic mass is 16.5. The van der Waals surface area contributed by atoms with Crippen LogP contribution in [0.25, 0.3) is 22.7 Å². The number of pyridine rings is 1. The fraction of sp³-hybridized carbons (Fsp3) is 0.308. The van der Waals surface area contributed by atoms with E-state index in [0.29, 0.717) is 29.9 Å². The molecule has 4 aromatic heterocycles. The van der Waals surface area contributed by atoms with E-state index in [0.717, 1.165) is 35.2 Å². The normalized spacial score (nSPS) is 14.5. The van der Waals surface area contributed by atoms with Crippen molar-refractivity contribution in [2.24, 2.45) is 7.05 Å². The van der Waals surface area contributed by atoms with Gasteiger partial charge in [0.2, 0.25) is 0 Å². The van der Waals surface area contributed by atoms with Crippen LogP contribution in [0.5, 0.6) is 5.75 Å². The number of amides is 1. The average Bonchev–Trinajstić information content (AvgIpc) is 3.64. The molecule has 186 valence electrons. The van der Waals surface area contributed by atoms with Gasteiger partial charge in [0.25, 0.3) is 5.91 Å². The van der Waals surface area contributed by atoms with E-state index in [9.17, 15) is 15.3 Å². The van der Waals surface area contributed by atoms with Crippen LogP contribution in [0.3, 0.4) is 0 Å². The highest BCUT2D eigenvalue weighted by molar-refractivity contribution is 6.01. The minimum absolute atomic E-state index is 0.103. The van der Waals surface area contributed by atoms with Gasteiger partial charge in [-0.1, -0.05) is 0 Å². The Balaban J connectivity index is 1.33. The van der Waals surface area contributed by atoms with Crippen LogP contribution < -0.4 is 4.74 Å². The molecule has 11 nitrogen and oxygen atoms in total. The Labute approximate surface area is 213 Å². The molecular weight excluding hydrogens is 470 g/mol. The topological polar surface area (TPSA) is 130 Å². The lowest BCUT2D eigenvalue weighted by molar-refractivity contribution is -0.127. The van der Waals surface area contributed by atoms with E-state index >= 15 is 0 Å². The lowest BCUT2D eigenvalue weighted by Crippen LogP contribution is -2.40. The maximum atomic E-state index is 13.0. The Morgan fingerprint density at radius 3 is 2.57 bits per heavy atom. The fourth-order valence-corrected chi connectivity index (χ4v) is 4.85. The molecule has 1 aliphatic rings. The van der Waals surface area contributed by atoms with Crippen molar-refractivity contribution in [1.82, 2.24) is 34.1 Å². The second-order valence-corrected chi connectivity index (χ2v) is 8.99. The molecule has 0 spiro atoms. The Bertz CT molecular complexity index is 1600. The van der Waals surface area contributed by atoms with Gasteiger partial charge in [0.05, 0.1) is 31.7 Å². The molecule has 0 atom stereocenters. The maximum Gasteiger partial charge on any atom is 0.264 e. The van der Waals surface area contributed by atoms with Crippen LogP contribution in [-0.2, 0) is 11.8 Å². The number of piperidine rings is 1. The van der Waals surface area contributed by atoms with Crippen LogP contribution in [0.1, 0.15) is 35.7 Å². The Morgan fingerprint density at radius 1 is 1.14 bits per heavy atom. The Kier molecular flexibility index (Phi) is 6.20. The van der Waals surface area contributed by atoms with Gasteiger partial charge < -0.3 is 9.64 Å². The summed E-state index contributed by atoms with van der Waals surface area (Å²) in [7, 11) is 3.36. The number of ether oxygens (including phenoxy) is 1. The summed E-state index contributed by atoms with van der Waals surface area (Å²) >= 11 is 0. The van der Waals surface area contributed by atoms with E-state index in [1.807, 2.05) is 36.1 Å². The van der Waals surface area contributed by atoms with Gasteiger partial charge in [0, 0.05) is 54.9 Å². The third-order valence-electron chi connectivity index (χ3n) is 6.76. The van der Waals surface area contributed by atoms with Crippen molar-refractivity contribution < 1.29 is 9.53 Å². The monoisotopic (exact) mass is 495 g/mol. The van der Waals surface area contributed by atoms with E-state index in [4.69, 9.17) is 4.74 Å². The fourth-order valence-electron chi connectivity index (χ4n) is 4.85. The molecular formula is C26H25N9O2. The summed E-state index contributed by atoms with van der Waals surface area (Å²) in [5.41, 5.74) is 4.72. The van der Waals surface area contributed by atoms with E-state index < -0.39 is 0 Å². The van der Waals surface area contributed by atoms with Crippen molar-refractivity contribution in [3.8, 4) is 29.0 Å². The third kappa shape index (κ3) is 4.32. The minimum Gasteiger partial charge on any atom is -0.494 e. The number of aryl methyl sites for hydroxylation is 1. The number of hydrogen-bond acceptors (Lipinski definition) is 7. The van der Waals surface area contributed by atoms with E-state index in [1.165, 1.54) is 6.20 Å². The van der Waals surface area contributed by atoms with Gasteiger partial charge in [-0.05, 0) is 31.9 Å². The smallest absolute Gasteiger partial charge is 0.264 e. The molecule has 1 aliphatic heterocycles. The average molecular weight is 496 g/mol. The SMILES string of the molecule is COc1cc(-c2cnn(C3CCN(C(=O)C(C#N)=Cc4cnn(C)c4)CC3)c2C)cn2ncc(C#N)c12. The van der Waals surface area contributed by atoms with Crippen molar-refractivity contribution in [2.75, 3.05) is 20.2 Å². The molecule has 0 aromatic carbocycles. The van der Waals surface area contributed by atoms with Crippen LogP contribution in [0.4, 0.5) is 0 Å². The van der Waals surface area contributed by atoms with E-state index in [1.54, 1.807) is 46.7 Å². The standard InChI is InChI=1S/C26H25N9O2/c1-17-23(20-9-24(37-3)25-21(11-28)13-30-34(25)16-20)14-31-35(17)22-4-6-33(7-5-22)26(36)19(10-27)8-18-12-29-32(2)15-18/h8-9,12-16,22H,4-7H2,1-3H3. The number of nitrogens with zero attached hydrogens (tertiary/aromatic N) is 9. The molecule has 37 heavy (non-hydrogen) atoms. The van der Waals surface area contributed by atoms with Crippen LogP contribution >= 0.6 is 0 Å². The molecule has 0 aliphatic carbocycles. The number of fused-ring (bicyclic) bond motifs is 1. The molecule has 0 bridgehead atoms. The van der Waals surface area contributed by atoms with Gasteiger partial charge in [-0.3, -0.25) is 14.2 Å². The first-order valence-electron chi connectivity index (χ1n) is 11.8. The first-order chi connectivity index (χ1) is 17.9. The van der Waals surface area contributed by atoms with Crippen LogP contribution in [0.2, 0.25) is 0 Å². The highest BCUT2D eigenvalue weighted by Gasteiger charge is 2.28. The van der Waals surface area contributed by atoms with Gasteiger partial charge in [-0.2, -0.15) is 25.8 Å². The first-order valence-corrected chi connectivity index (χ1v) is 11.8. The zero-order valence-electron chi connectivity index (χ0n) is 20.8. The maximum absolute atomic E-state index is 13.0. The molecule has 0 saturated carbocycles. The quantitative estimate of drug-likeness (QED) is 0.307. The molecule has 11 heteroatoms. The molecule has 0 unspecified atom stereocenters. The molecule has 5 rings (SSSR count). The van der Waals surface area contributed by atoms with Crippen molar-refractivity contribution in [3.05, 3.63) is 59.4 Å². The predicted molar refractivity (Wildman–Crippen MR) is 134 cm³/mol. The lowest BCUT2D eigenvalue weighted by atomic mass is 10.0. The number of hydrogen-bond donors (Lipinski definition) is 0. The second kappa shape index (κ2) is 9.63. The number of rotatable bonds is 5. The van der Waals surface area contributed by atoms with Crippen molar-refractivity contribution >= 4 is 17.5 Å². The van der Waals surface area contributed by atoms with Crippen LogP contribution in [0.15, 0.2) is 42.6 Å². The van der Waals surface area contributed by atoms with Crippen LogP contribution in [0, 0.1) is 29.6 Å². The van der Waals surface area contributed by atoms with Gasteiger partial charge in [-0.25, -0.2) is 4.52 Å². The summed E-state index contributed by atoms with van der Waals surface area (Å²) in [6, 6.07) is 6.21. The largest absolute Gasteiger partial charge is 0.494 e. The second-order valence-electron chi connectivity index (χ2n) is 8.99. The zero-order chi connectivity index (χ0) is 26.1. The number of nitriles is 2. The Morgan fingerprint density at radius 2 is 1.92 bits per heavy atom. The molecule has 4 aromatic rings. The highest BCUT2D eigenvalue weighted by Crippen LogP contribution is 2.33. The molecule has 1 fully saturated rings. The summed E-state index contributed by atoms with van der Waals surface area (Å²) in [5, 5.41) is 32.0.